The zero-order valence-electron chi connectivity index (χ0n) is 5.84. The van der Waals surface area contributed by atoms with Crippen molar-refractivity contribution in [2.45, 2.75) is 6.54 Å². The highest BCUT2D eigenvalue weighted by atomic mass is 35.5. The van der Waals surface area contributed by atoms with Crippen LogP contribution in [0.15, 0.2) is 18.2 Å². The van der Waals surface area contributed by atoms with E-state index in [-0.39, 0.29) is 0 Å². The van der Waals surface area contributed by atoms with Crippen molar-refractivity contribution in [2.75, 3.05) is 0 Å². The molecule has 0 aromatic heterocycles. The molecule has 1 aromatic rings. The van der Waals surface area contributed by atoms with Crippen molar-refractivity contribution < 1.29 is 0 Å². The zero-order chi connectivity index (χ0) is 8.27. The fourth-order valence-electron chi connectivity index (χ4n) is 0.831. The molecule has 0 heterocycles. The maximum Gasteiger partial charge on any atom is 0.0995 e. The Labute approximate surface area is 70.2 Å². The number of hydrogen-bond donors (Lipinski definition) is 1. The van der Waals surface area contributed by atoms with Gasteiger partial charge in [-0.1, -0.05) is 17.7 Å². The van der Waals surface area contributed by atoms with Crippen LogP contribution in [0.4, 0.5) is 0 Å². The summed E-state index contributed by atoms with van der Waals surface area (Å²) < 4.78 is 0. The molecule has 0 bridgehead atoms. The molecule has 1 rings (SSSR count). The monoisotopic (exact) mass is 166 g/mol. The lowest BCUT2D eigenvalue weighted by molar-refractivity contribution is 1.06. The summed E-state index contributed by atoms with van der Waals surface area (Å²) in [5.74, 6) is 0. The molecule has 0 aliphatic rings. The first-order valence-electron chi connectivity index (χ1n) is 3.16. The second-order valence-electron chi connectivity index (χ2n) is 2.12. The topological polar surface area (TPSA) is 49.8 Å². The van der Waals surface area contributed by atoms with E-state index < -0.39 is 0 Å². The minimum atomic E-state index is 0.375. The Hall–Kier alpha value is -1.04. The highest BCUT2D eigenvalue weighted by Gasteiger charge is 1.99. The lowest BCUT2D eigenvalue weighted by Crippen LogP contribution is -1.98. The molecule has 0 saturated carbocycles. The van der Waals surface area contributed by atoms with E-state index >= 15 is 0 Å². The largest absolute Gasteiger partial charge is 0.326 e. The van der Waals surface area contributed by atoms with Crippen LogP contribution in [0.5, 0.6) is 0 Å². The summed E-state index contributed by atoms with van der Waals surface area (Å²) in [6.07, 6.45) is 0. The van der Waals surface area contributed by atoms with Gasteiger partial charge in [-0.2, -0.15) is 5.26 Å². The number of halogens is 1. The third-order valence-electron chi connectivity index (χ3n) is 1.41. The van der Waals surface area contributed by atoms with Gasteiger partial charge in [0.25, 0.3) is 0 Å². The van der Waals surface area contributed by atoms with Gasteiger partial charge in [0.15, 0.2) is 0 Å². The summed E-state index contributed by atoms with van der Waals surface area (Å²) in [5, 5.41) is 9.18. The molecule has 56 valence electrons. The van der Waals surface area contributed by atoms with Crippen LogP contribution in [0.1, 0.15) is 11.1 Å². The van der Waals surface area contributed by atoms with Gasteiger partial charge in [-0.25, -0.2) is 0 Å². The molecule has 2 N–H and O–H groups in total. The first-order valence-corrected chi connectivity index (χ1v) is 3.54. The zero-order valence-corrected chi connectivity index (χ0v) is 6.60. The second kappa shape index (κ2) is 3.38. The Morgan fingerprint density at radius 1 is 1.55 bits per heavy atom. The summed E-state index contributed by atoms with van der Waals surface area (Å²) in [6, 6.07) is 7.13. The number of benzene rings is 1. The molecule has 0 saturated heterocycles. The fourth-order valence-corrected chi connectivity index (χ4v) is 1.00. The van der Waals surface area contributed by atoms with Crippen LogP contribution in [0, 0.1) is 11.3 Å². The van der Waals surface area contributed by atoms with E-state index in [2.05, 4.69) is 0 Å². The number of rotatable bonds is 1. The Bertz CT molecular complexity index is 301. The lowest BCUT2D eigenvalue weighted by atomic mass is 10.1. The minimum Gasteiger partial charge on any atom is -0.326 e. The van der Waals surface area contributed by atoms with Gasteiger partial charge in [-0.05, 0) is 17.7 Å². The Balaban J connectivity index is 3.19. The molecule has 3 heteroatoms. The van der Waals surface area contributed by atoms with Crippen LogP contribution in [-0.4, -0.2) is 0 Å². The summed E-state index contributed by atoms with van der Waals surface area (Å²) in [6.45, 7) is 0.375. The summed E-state index contributed by atoms with van der Waals surface area (Å²) in [5.41, 5.74) is 6.77. The van der Waals surface area contributed by atoms with Crippen molar-refractivity contribution in [3.63, 3.8) is 0 Å². The van der Waals surface area contributed by atoms with Crippen LogP contribution in [0.3, 0.4) is 0 Å². The SMILES string of the molecule is N#Cc1cc(Cl)ccc1CN. The predicted molar refractivity (Wildman–Crippen MR) is 44.1 cm³/mol. The second-order valence-corrected chi connectivity index (χ2v) is 2.55. The normalized spacial score (nSPS) is 9.18. The number of nitriles is 1. The smallest absolute Gasteiger partial charge is 0.0995 e. The number of hydrogen-bond acceptors (Lipinski definition) is 2. The highest BCUT2D eigenvalue weighted by Crippen LogP contribution is 2.14. The van der Waals surface area contributed by atoms with Crippen molar-refractivity contribution in [1.82, 2.24) is 0 Å². The maximum atomic E-state index is 8.61. The van der Waals surface area contributed by atoms with Gasteiger partial charge in [0.2, 0.25) is 0 Å². The molecule has 0 amide bonds. The molecular formula is C8H7ClN2. The number of nitrogens with two attached hydrogens (primary N) is 1. The van der Waals surface area contributed by atoms with Crippen LogP contribution < -0.4 is 5.73 Å². The molecule has 0 radical (unpaired) electrons. The summed E-state index contributed by atoms with van der Waals surface area (Å²) >= 11 is 5.66. The van der Waals surface area contributed by atoms with Crippen molar-refractivity contribution in [1.29, 1.82) is 5.26 Å². The average Bonchev–Trinajstić information content (AvgIpc) is 2.04. The van der Waals surface area contributed by atoms with Gasteiger partial charge in [0, 0.05) is 11.6 Å². The first-order chi connectivity index (χ1) is 5.27. The Kier molecular flexibility index (Phi) is 2.48. The maximum absolute atomic E-state index is 8.61. The van der Waals surface area contributed by atoms with Crippen molar-refractivity contribution >= 4 is 11.6 Å². The Morgan fingerprint density at radius 3 is 2.82 bits per heavy atom. The standard InChI is InChI=1S/C8H7ClN2/c9-8-2-1-6(4-10)7(3-8)5-11/h1-3H,4,10H2. The van der Waals surface area contributed by atoms with E-state index in [9.17, 15) is 0 Å². The first kappa shape index (κ1) is 8.06. The van der Waals surface area contributed by atoms with Crippen molar-refractivity contribution in [3.05, 3.63) is 34.3 Å². The van der Waals surface area contributed by atoms with Crippen molar-refractivity contribution in [3.8, 4) is 6.07 Å². The third-order valence-corrected chi connectivity index (χ3v) is 1.65. The quantitative estimate of drug-likeness (QED) is 0.690. The van der Waals surface area contributed by atoms with Gasteiger partial charge in [0.05, 0.1) is 11.6 Å². The molecule has 0 aliphatic heterocycles. The third kappa shape index (κ3) is 1.70. The minimum absolute atomic E-state index is 0.375. The van der Waals surface area contributed by atoms with E-state index in [1.54, 1.807) is 18.2 Å². The van der Waals surface area contributed by atoms with E-state index in [0.717, 1.165) is 5.56 Å². The highest BCUT2D eigenvalue weighted by molar-refractivity contribution is 6.30. The van der Waals surface area contributed by atoms with Gasteiger partial charge in [0.1, 0.15) is 0 Å². The van der Waals surface area contributed by atoms with Gasteiger partial charge in [-0.15, -0.1) is 0 Å². The molecule has 11 heavy (non-hydrogen) atoms. The van der Waals surface area contributed by atoms with E-state index in [1.807, 2.05) is 6.07 Å². The van der Waals surface area contributed by atoms with Gasteiger partial charge in [-0.3, -0.25) is 0 Å². The van der Waals surface area contributed by atoms with Crippen LogP contribution in [-0.2, 0) is 6.54 Å². The van der Waals surface area contributed by atoms with E-state index in [1.165, 1.54) is 0 Å². The molecule has 2 nitrogen and oxygen atoms in total. The van der Waals surface area contributed by atoms with Gasteiger partial charge >= 0.3 is 0 Å². The van der Waals surface area contributed by atoms with Crippen LogP contribution in [0.2, 0.25) is 5.02 Å². The number of nitrogens with zero attached hydrogens (tertiary/aromatic N) is 1. The molecule has 0 spiro atoms. The predicted octanol–water partition coefficient (Wildman–Crippen LogP) is 1.67. The van der Waals surface area contributed by atoms with E-state index in [0.29, 0.717) is 17.1 Å². The molecule has 0 aliphatic carbocycles. The Morgan fingerprint density at radius 2 is 2.27 bits per heavy atom. The average molecular weight is 167 g/mol. The van der Waals surface area contributed by atoms with Crippen molar-refractivity contribution in [2.24, 2.45) is 5.73 Å². The lowest BCUT2D eigenvalue weighted by Gasteiger charge is -1.98. The van der Waals surface area contributed by atoms with Crippen LogP contribution >= 0.6 is 11.6 Å². The van der Waals surface area contributed by atoms with E-state index in [4.69, 9.17) is 22.6 Å². The molecular weight excluding hydrogens is 160 g/mol. The molecule has 0 atom stereocenters. The fraction of sp³-hybridized carbons (Fsp3) is 0.125. The molecule has 1 aromatic carbocycles. The van der Waals surface area contributed by atoms with Crippen LogP contribution in [0.25, 0.3) is 0 Å². The molecule has 0 unspecified atom stereocenters. The summed E-state index contributed by atoms with van der Waals surface area (Å²) in [4.78, 5) is 0. The van der Waals surface area contributed by atoms with Gasteiger partial charge < -0.3 is 5.73 Å². The molecule has 0 fully saturated rings. The summed E-state index contributed by atoms with van der Waals surface area (Å²) in [7, 11) is 0.